The number of benzene rings is 1. The van der Waals surface area contributed by atoms with Gasteiger partial charge in [-0.1, -0.05) is 36.2 Å². The Labute approximate surface area is 133 Å². The van der Waals surface area contributed by atoms with E-state index in [9.17, 15) is 0 Å². The summed E-state index contributed by atoms with van der Waals surface area (Å²) in [6.45, 7) is 0. The average molecular weight is 308 g/mol. The van der Waals surface area contributed by atoms with E-state index in [4.69, 9.17) is 4.52 Å². The van der Waals surface area contributed by atoms with Gasteiger partial charge in [-0.3, -0.25) is 0 Å². The lowest BCUT2D eigenvalue weighted by molar-refractivity contribution is 0.411. The fourth-order valence-electron chi connectivity index (χ4n) is 2.86. The largest absolute Gasteiger partial charge is 0.334 e. The van der Waals surface area contributed by atoms with Crippen molar-refractivity contribution >= 4 is 6.08 Å². The summed E-state index contributed by atoms with van der Waals surface area (Å²) in [5.41, 5.74) is 1.71. The molecule has 1 aromatic carbocycles. The molecule has 0 bridgehead atoms. The van der Waals surface area contributed by atoms with E-state index in [2.05, 4.69) is 31.7 Å². The lowest BCUT2D eigenvalue weighted by Crippen LogP contribution is -1.95. The summed E-state index contributed by atoms with van der Waals surface area (Å²) in [6, 6.07) is 7.69. The van der Waals surface area contributed by atoms with Crippen LogP contribution in [0.4, 0.5) is 0 Å². The van der Waals surface area contributed by atoms with Gasteiger partial charge in [0.25, 0.3) is 5.89 Å². The van der Waals surface area contributed by atoms with Crippen LogP contribution in [0.2, 0.25) is 0 Å². The van der Waals surface area contributed by atoms with Crippen molar-refractivity contribution in [3.05, 3.63) is 42.6 Å². The Kier molecular flexibility index (Phi) is 3.67. The van der Waals surface area contributed by atoms with Crippen LogP contribution in [0.25, 0.3) is 23.2 Å². The van der Waals surface area contributed by atoms with Crippen LogP contribution in [0.5, 0.6) is 0 Å². The molecule has 0 amide bonds. The van der Waals surface area contributed by atoms with E-state index in [1.54, 1.807) is 11.0 Å². The van der Waals surface area contributed by atoms with E-state index >= 15 is 0 Å². The zero-order chi connectivity index (χ0) is 15.5. The van der Waals surface area contributed by atoms with Gasteiger partial charge in [-0.2, -0.15) is 4.98 Å². The molecule has 0 radical (unpaired) electrons. The number of aromatic nitrogens is 6. The van der Waals surface area contributed by atoms with Crippen LogP contribution >= 0.6 is 0 Å². The normalized spacial score (nSPS) is 15.7. The fourth-order valence-corrected chi connectivity index (χ4v) is 2.86. The van der Waals surface area contributed by atoms with E-state index in [-0.39, 0.29) is 0 Å². The van der Waals surface area contributed by atoms with Crippen molar-refractivity contribution in [1.82, 2.24) is 30.3 Å². The van der Waals surface area contributed by atoms with Gasteiger partial charge in [-0.05, 0) is 47.4 Å². The zero-order valence-corrected chi connectivity index (χ0v) is 12.5. The topological polar surface area (TPSA) is 82.5 Å². The quantitative estimate of drug-likeness (QED) is 0.737. The lowest BCUT2D eigenvalue weighted by atomic mass is 10.1. The summed E-state index contributed by atoms with van der Waals surface area (Å²) in [7, 11) is 0. The number of rotatable bonds is 4. The van der Waals surface area contributed by atoms with Gasteiger partial charge >= 0.3 is 0 Å². The molecule has 1 fully saturated rings. The molecular weight excluding hydrogens is 292 g/mol. The summed E-state index contributed by atoms with van der Waals surface area (Å²) in [5.74, 6) is 1.75. The van der Waals surface area contributed by atoms with E-state index in [1.165, 1.54) is 25.7 Å². The van der Waals surface area contributed by atoms with Crippen molar-refractivity contribution < 1.29 is 4.52 Å². The highest BCUT2D eigenvalue weighted by Gasteiger charge is 2.12. The number of allylic oxidation sites excluding steroid dienone is 1. The molecule has 0 unspecified atom stereocenters. The van der Waals surface area contributed by atoms with Crippen molar-refractivity contribution in [2.75, 3.05) is 0 Å². The molecule has 1 aliphatic rings. The number of tetrazole rings is 1. The Hall–Kier alpha value is -2.83. The molecule has 3 aromatic rings. The highest BCUT2D eigenvalue weighted by molar-refractivity contribution is 5.59. The molecule has 0 aliphatic heterocycles. The van der Waals surface area contributed by atoms with Crippen LogP contribution in [0, 0.1) is 5.92 Å². The Balaban J connectivity index is 1.55. The minimum atomic E-state index is 0.541. The molecule has 2 aromatic heterocycles. The van der Waals surface area contributed by atoms with Gasteiger partial charge in [0.1, 0.15) is 6.33 Å². The first-order valence-electron chi connectivity index (χ1n) is 7.74. The summed E-state index contributed by atoms with van der Waals surface area (Å²) in [5, 5.41) is 15.2. The molecule has 0 N–H and O–H groups in total. The number of hydrogen-bond donors (Lipinski definition) is 0. The summed E-state index contributed by atoms with van der Waals surface area (Å²) < 4.78 is 6.90. The first-order valence-corrected chi connectivity index (χ1v) is 7.74. The second-order valence-electron chi connectivity index (χ2n) is 5.66. The molecule has 116 valence electrons. The van der Waals surface area contributed by atoms with Crippen LogP contribution in [-0.4, -0.2) is 30.3 Å². The van der Waals surface area contributed by atoms with Gasteiger partial charge in [0, 0.05) is 5.56 Å². The third kappa shape index (κ3) is 3.03. The Bertz CT molecular complexity index is 802. The third-order valence-corrected chi connectivity index (χ3v) is 4.07. The van der Waals surface area contributed by atoms with Crippen LogP contribution in [0.3, 0.4) is 0 Å². The van der Waals surface area contributed by atoms with Gasteiger partial charge in [-0.25, -0.2) is 4.68 Å². The van der Waals surface area contributed by atoms with Crippen LogP contribution in [0.15, 0.2) is 41.2 Å². The summed E-state index contributed by atoms with van der Waals surface area (Å²) >= 11 is 0. The number of nitrogens with zero attached hydrogens (tertiary/aromatic N) is 6. The smallest absolute Gasteiger partial charge is 0.250 e. The molecule has 0 spiro atoms. The van der Waals surface area contributed by atoms with Gasteiger partial charge in [-0.15, -0.1) is 5.10 Å². The maximum Gasteiger partial charge on any atom is 0.250 e. The highest BCUT2D eigenvalue weighted by atomic mass is 16.5. The molecule has 7 nitrogen and oxygen atoms in total. The molecule has 2 heterocycles. The standard InChI is InChI=1S/C16H16N6O/c1-2-5-12(4-1)8-9-15-18-16(19-23-15)13-6-3-7-14(10-13)22-11-17-20-21-22/h3,6-12H,1-2,4-5H2/b9-8+. The molecular formula is C16H16N6O. The van der Waals surface area contributed by atoms with E-state index in [0.29, 0.717) is 17.6 Å². The molecule has 23 heavy (non-hydrogen) atoms. The van der Waals surface area contributed by atoms with Gasteiger partial charge in [0.05, 0.1) is 5.69 Å². The average Bonchev–Trinajstić information content (AvgIpc) is 3.35. The third-order valence-electron chi connectivity index (χ3n) is 4.07. The van der Waals surface area contributed by atoms with Gasteiger partial charge in [0.2, 0.25) is 5.82 Å². The SMILES string of the molecule is C(=C\C1CCCC1)/c1nc(-c2cccc(-n3cnnn3)c2)no1. The second-order valence-corrected chi connectivity index (χ2v) is 5.66. The van der Waals surface area contributed by atoms with Crippen LogP contribution in [0.1, 0.15) is 31.6 Å². The maximum absolute atomic E-state index is 5.31. The Morgan fingerprint density at radius 2 is 2.13 bits per heavy atom. The van der Waals surface area contributed by atoms with Crippen molar-refractivity contribution in [2.45, 2.75) is 25.7 Å². The predicted octanol–water partition coefficient (Wildman–Crippen LogP) is 2.92. The molecule has 1 saturated carbocycles. The van der Waals surface area contributed by atoms with Gasteiger partial charge < -0.3 is 4.52 Å². The molecule has 0 atom stereocenters. The minimum absolute atomic E-state index is 0.541. The van der Waals surface area contributed by atoms with E-state index < -0.39 is 0 Å². The van der Waals surface area contributed by atoms with Crippen molar-refractivity contribution in [3.8, 4) is 17.1 Å². The zero-order valence-electron chi connectivity index (χ0n) is 12.5. The van der Waals surface area contributed by atoms with Crippen molar-refractivity contribution in [1.29, 1.82) is 0 Å². The summed E-state index contributed by atoms with van der Waals surface area (Å²) in [6.07, 6.45) is 10.8. The first kappa shape index (κ1) is 13.8. The second kappa shape index (κ2) is 6.12. The Morgan fingerprint density at radius 3 is 2.96 bits per heavy atom. The minimum Gasteiger partial charge on any atom is -0.334 e. The van der Waals surface area contributed by atoms with Crippen LogP contribution < -0.4 is 0 Å². The molecule has 1 aliphatic carbocycles. The monoisotopic (exact) mass is 308 g/mol. The van der Waals surface area contributed by atoms with E-state index in [1.807, 2.05) is 30.3 Å². The molecule has 0 saturated heterocycles. The van der Waals surface area contributed by atoms with Gasteiger partial charge in [0.15, 0.2) is 0 Å². The van der Waals surface area contributed by atoms with Crippen molar-refractivity contribution in [3.63, 3.8) is 0 Å². The first-order chi connectivity index (χ1) is 11.4. The van der Waals surface area contributed by atoms with Crippen molar-refractivity contribution in [2.24, 2.45) is 5.92 Å². The molecule has 4 rings (SSSR count). The Morgan fingerprint density at radius 1 is 1.22 bits per heavy atom. The van der Waals surface area contributed by atoms with Crippen LogP contribution in [-0.2, 0) is 0 Å². The summed E-state index contributed by atoms with van der Waals surface area (Å²) in [4.78, 5) is 4.44. The lowest BCUT2D eigenvalue weighted by Gasteiger charge is -2.00. The van der Waals surface area contributed by atoms with E-state index in [0.717, 1.165) is 11.3 Å². The molecule has 7 heteroatoms. The fraction of sp³-hybridized carbons (Fsp3) is 0.312. The number of hydrogen-bond acceptors (Lipinski definition) is 6. The highest BCUT2D eigenvalue weighted by Crippen LogP contribution is 2.26. The maximum atomic E-state index is 5.31. The predicted molar refractivity (Wildman–Crippen MR) is 83.4 cm³/mol.